The fourth-order valence-electron chi connectivity index (χ4n) is 2.34. The van der Waals surface area contributed by atoms with Crippen LogP contribution in [0.4, 0.5) is 5.69 Å². The number of fused-ring (bicyclic) bond motifs is 1. The first-order chi connectivity index (χ1) is 10.3. The van der Waals surface area contributed by atoms with Crippen molar-refractivity contribution in [3.05, 3.63) is 59.2 Å². The second-order valence-corrected chi connectivity index (χ2v) is 5.94. The molecule has 0 atom stereocenters. The Hall–Kier alpha value is -1.62. The van der Waals surface area contributed by atoms with Gasteiger partial charge in [-0.2, -0.15) is 0 Å². The number of nitrogens with one attached hydrogen (secondary N) is 1. The standard InChI is InChI=1S/C17H16N2OS.2ClH/c1-12-14-4-2-3-5-16(14)21-17(12)15(20)8-11-19-13-6-9-18-10-7-13;;/h2-7,9-10H,8,11H2,1H3,(H,18,19);2*1H. The highest BCUT2D eigenvalue weighted by molar-refractivity contribution is 7.21. The van der Waals surface area contributed by atoms with Crippen LogP contribution in [0.15, 0.2) is 48.8 Å². The van der Waals surface area contributed by atoms with Gasteiger partial charge in [-0.1, -0.05) is 18.2 Å². The molecule has 0 saturated heterocycles. The van der Waals surface area contributed by atoms with E-state index >= 15 is 0 Å². The molecule has 2 heterocycles. The van der Waals surface area contributed by atoms with Crippen LogP contribution in [0.3, 0.4) is 0 Å². The first-order valence-corrected chi connectivity index (χ1v) is 7.72. The van der Waals surface area contributed by atoms with Crippen LogP contribution in [-0.4, -0.2) is 17.3 Å². The van der Waals surface area contributed by atoms with E-state index in [-0.39, 0.29) is 30.6 Å². The number of aryl methyl sites for hydroxylation is 1. The number of anilines is 1. The molecule has 1 N–H and O–H groups in total. The van der Waals surface area contributed by atoms with E-state index in [1.54, 1.807) is 23.7 Å². The Morgan fingerprint density at radius 3 is 2.52 bits per heavy atom. The summed E-state index contributed by atoms with van der Waals surface area (Å²) >= 11 is 1.59. The van der Waals surface area contributed by atoms with Crippen LogP contribution in [-0.2, 0) is 0 Å². The molecule has 23 heavy (non-hydrogen) atoms. The molecule has 0 bridgehead atoms. The van der Waals surface area contributed by atoms with Crippen molar-refractivity contribution in [2.75, 3.05) is 11.9 Å². The van der Waals surface area contributed by atoms with Gasteiger partial charge in [0.1, 0.15) is 0 Å². The zero-order valence-electron chi connectivity index (χ0n) is 12.6. The largest absolute Gasteiger partial charge is 0.384 e. The average Bonchev–Trinajstić information content (AvgIpc) is 2.86. The van der Waals surface area contributed by atoms with E-state index in [4.69, 9.17) is 0 Å². The van der Waals surface area contributed by atoms with Gasteiger partial charge in [0, 0.05) is 35.7 Å². The number of aromatic nitrogens is 1. The van der Waals surface area contributed by atoms with Gasteiger partial charge in [0.25, 0.3) is 0 Å². The molecule has 6 heteroatoms. The van der Waals surface area contributed by atoms with Gasteiger partial charge in [0.2, 0.25) is 0 Å². The molecule has 122 valence electrons. The van der Waals surface area contributed by atoms with E-state index in [0.717, 1.165) is 16.1 Å². The predicted octanol–water partition coefficient (Wildman–Crippen LogP) is 5.13. The van der Waals surface area contributed by atoms with E-state index in [1.807, 2.05) is 31.2 Å². The lowest BCUT2D eigenvalue weighted by Crippen LogP contribution is -2.08. The molecule has 3 aromatic rings. The first kappa shape index (κ1) is 19.4. The summed E-state index contributed by atoms with van der Waals surface area (Å²) in [5.74, 6) is 0.204. The lowest BCUT2D eigenvalue weighted by Gasteiger charge is -2.04. The fraction of sp³-hybridized carbons (Fsp3) is 0.176. The number of thiophene rings is 1. The Labute approximate surface area is 152 Å². The van der Waals surface area contributed by atoms with Gasteiger partial charge in [-0.3, -0.25) is 9.78 Å². The summed E-state index contributed by atoms with van der Waals surface area (Å²) in [6.07, 6.45) is 3.97. The van der Waals surface area contributed by atoms with Crippen LogP contribution in [0.5, 0.6) is 0 Å². The molecule has 3 rings (SSSR count). The number of benzene rings is 1. The number of hydrogen-bond donors (Lipinski definition) is 1. The highest BCUT2D eigenvalue weighted by Gasteiger charge is 2.14. The monoisotopic (exact) mass is 368 g/mol. The predicted molar refractivity (Wildman–Crippen MR) is 103 cm³/mol. The Balaban J connectivity index is 0.00000132. The number of hydrogen-bond acceptors (Lipinski definition) is 4. The quantitative estimate of drug-likeness (QED) is 0.634. The summed E-state index contributed by atoms with van der Waals surface area (Å²) in [6.45, 7) is 2.67. The Bertz CT molecular complexity index is 775. The molecule has 0 aliphatic carbocycles. The summed E-state index contributed by atoms with van der Waals surface area (Å²) in [5, 5.41) is 4.43. The van der Waals surface area contributed by atoms with Crippen LogP contribution in [0, 0.1) is 6.92 Å². The van der Waals surface area contributed by atoms with E-state index in [2.05, 4.69) is 22.4 Å². The minimum Gasteiger partial charge on any atom is -0.384 e. The number of nitrogens with zero attached hydrogens (tertiary/aromatic N) is 1. The summed E-state index contributed by atoms with van der Waals surface area (Å²) in [7, 11) is 0. The number of pyridine rings is 1. The maximum Gasteiger partial charge on any atom is 0.174 e. The van der Waals surface area contributed by atoms with Crippen molar-refractivity contribution in [3.63, 3.8) is 0 Å². The third-order valence-electron chi connectivity index (χ3n) is 3.46. The maximum atomic E-state index is 12.4. The third kappa shape index (κ3) is 4.44. The molecular weight excluding hydrogens is 351 g/mol. The van der Waals surface area contributed by atoms with Gasteiger partial charge < -0.3 is 5.32 Å². The number of carbonyl (C=O) groups is 1. The van der Waals surface area contributed by atoms with Crippen LogP contribution in [0.2, 0.25) is 0 Å². The van der Waals surface area contributed by atoms with Gasteiger partial charge in [0.15, 0.2) is 5.78 Å². The minimum atomic E-state index is 0. The van der Waals surface area contributed by atoms with Crippen molar-refractivity contribution in [2.24, 2.45) is 0 Å². The van der Waals surface area contributed by atoms with Gasteiger partial charge in [-0.15, -0.1) is 36.2 Å². The van der Waals surface area contributed by atoms with E-state index in [9.17, 15) is 4.79 Å². The highest BCUT2D eigenvalue weighted by atomic mass is 35.5. The first-order valence-electron chi connectivity index (χ1n) is 6.91. The molecule has 3 nitrogen and oxygen atoms in total. The molecule has 0 aliphatic rings. The minimum absolute atomic E-state index is 0. The van der Waals surface area contributed by atoms with Gasteiger partial charge in [-0.05, 0) is 36.1 Å². The number of carbonyl (C=O) groups excluding carboxylic acids is 1. The Morgan fingerprint density at radius 2 is 1.83 bits per heavy atom. The summed E-state index contributed by atoms with van der Waals surface area (Å²) in [5.41, 5.74) is 2.09. The molecule has 2 aromatic heterocycles. The van der Waals surface area contributed by atoms with Crippen molar-refractivity contribution in [1.29, 1.82) is 0 Å². The second-order valence-electron chi connectivity index (χ2n) is 4.89. The smallest absolute Gasteiger partial charge is 0.174 e. The average molecular weight is 369 g/mol. The molecule has 0 amide bonds. The highest BCUT2D eigenvalue weighted by Crippen LogP contribution is 2.31. The molecule has 0 spiro atoms. The number of rotatable bonds is 5. The molecule has 0 radical (unpaired) electrons. The van der Waals surface area contributed by atoms with Crippen LogP contribution >= 0.6 is 36.2 Å². The molecule has 0 aliphatic heterocycles. The Kier molecular flexibility index (Phi) is 7.49. The molecule has 1 aromatic carbocycles. The van der Waals surface area contributed by atoms with Crippen molar-refractivity contribution in [1.82, 2.24) is 4.98 Å². The number of ketones is 1. The lowest BCUT2D eigenvalue weighted by molar-refractivity contribution is 0.0990. The maximum absolute atomic E-state index is 12.4. The zero-order valence-corrected chi connectivity index (χ0v) is 15.1. The van der Waals surface area contributed by atoms with E-state index in [0.29, 0.717) is 13.0 Å². The van der Waals surface area contributed by atoms with Crippen molar-refractivity contribution >= 4 is 57.7 Å². The van der Waals surface area contributed by atoms with E-state index < -0.39 is 0 Å². The second kappa shape index (κ2) is 8.87. The third-order valence-corrected chi connectivity index (χ3v) is 4.77. The van der Waals surface area contributed by atoms with Gasteiger partial charge in [-0.25, -0.2) is 0 Å². The Morgan fingerprint density at radius 1 is 1.13 bits per heavy atom. The molecule has 0 fully saturated rings. The summed E-state index contributed by atoms with van der Waals surface area (Å²) in [6, 6.07) is 12.0. The van der Waals surface area contributed by atoms with Gasteiger partial charge in [0.05, 0.1) is 4.88 Å². The molecule has 0 saturated carbocycles. The molecular formula is C17H18Cl2N2OS. The summed E-state index contributed by atoms with van der Waals surface area (Å²) < 4.78 is 1.18. The van der Waals surface area contributed by atoms with Crippen molar-refractivity contribution in [2.45, 2.75) is 13.3 Å². The van der Waals surface area contributed by atoms with Crippen molar-refractivity contribution < 1.29 is 4.79 Å². The number of halogens is 2. The van der Waals surface area contributed by atoms with Crippen LogP contribution in [0.25, 0.3) is 10.1 Å². The van der Waals surface area contributed by atoms with Crippen LogP contribution < -0.4 is 5.32 Å². The molecule has 0 unspecified atom stereocenters. The number of Topliss-reactive ketones (excluding diaryl/α,β-unsaturated/α-hetero) is 1. The zero-order chi connectivity index (χ0) is 14.7. The van der Waals surface area contributed by atoms with Crippen molar-refractivity contribution in [3.8, 4) is 0 Å². The van der Waals surface area contributed by atoms with Gasteiger partial charge >= 0.3 is 0 Å². The normalized spacial score (nSPS) is 9.78. The fourth-order valence-corrected chi connectivity index (χ4v) is 3.52. The summed E-state index contributed by atoms with van der Waals surface area (Å²) in [4.78, 5) is 17.2. The lowest BCUT2D eigenvalue weighted by atomic mass is 10.1. The van der Waals surface area contributed by atoms with Crippen LogP contribution in [0.1, 0.15) is 21.7 Å². The SMILES string of the molecule is Cc1c(C(=O)CCNc2ccncc2)sc2ccccc12.Cl.Cl. The topological polar surface area (TPSA) is 42.0 Å². The van der Waals surface area contributed by atoms with E-state index in [1.165, 1.54) is 10.1 Å².